The van der Waals surface area contributed by atoms with Gasteiger partial charge >= 0.3 is 0 Å². The molecular formula is C10H10N2O2. The maximum absolute atomic E-state index is 10.4. The Morgan fingerprint density at radius 3 is 3.07 bits per heavy atom. The number of carbonyl (C=O) groups is 1. The fourth-order valence-corrected chi connectivity index (χ4v) is 1.44. The number of hydrogen-bond donors (Lipinski definition) is 2. The molecule has 1 aromatic carbocycles. The van der Waals surface area contributed by atoms with Gasteiger partial charge in [0, 0.05) is 17.6 Å². The molecule has 1 amide bonds. The molecule has 4 nitrogen and oxygen atoms in total. The highest BCUT2D eigenvalue weighted by atomic mass is 16.5. The van der Waals surface area contributed by atoms with Crippen LogP contribution in [0.5, 0.6) is 5.75 Å². The fraction of sp³-hybridized carbons (Fsp3) is 0.100. The molecule has 0 unspecified atom stereocenters. The first-order valence-corrected chi connectivity index (χ1v) is 4.20. The quantitative estimate of drug-likeness (QED) is 0.724. The highest BCUT2D eigenvalue weighted by Crippen LogP contribution is 2.27. The van der Waals surface area contributed by atoms with Gasteiger partial charge < -0.3 is 15.0 Å². The molecule has 0 aliphatic rings. The van der Waals surface area contributed by atoms with Gasteiger partial charge in [-0.3, -0.25) is 4.79 Å². The van der Waals surface area contributed by atoms with Gasteiger partial charge in [-0.25, -0.2) is 0 Å². The summed E-state index contributed by atoms with van der Waals surface area (Å²) in [4.78, 5) is 13.4. The molecule has 0 aliphatic heterocycles. The molecule has 0 atom stereocenters. The number of rotatable bonds is 3. The summed E-state index contributed by atoms with van der Waals surface area (Å²) >= 11 is 0. The molecular weight excluding hydrogens is 180 g/mol. The fourth-order valence-electron chi connectivity index (χ4n) is 1.44. The SMILES string of the molecule is COc1cc(NC=O)c2[nH]ccc2c1. The molecule has 1 aromatic heterocycles. The Labute approximate surface area is 80.9 Å². The smallest absolute Gasteiger partial charge is 0.211 e. The highest BCUT2D eigenvalue weighted by molar-refractivity contribution is 5.96. The van der Waals surface area contributed by atoms with Gasteiger partial charge in [-0.05, 0) is 12.1 Å². The number of carbonyl (C=O) groups excluding carboxylic acids is 1. The van der Waals surface area contributed by atoms with Crippen LogP contribution in [0.4, 0.5) is 5.69 Å². The molecule has 2 rings (SSSR count). The largest absolute Gasteiger partial charge is 0.497 e. The van der Waals surface area contributed by atoms with Crippen molar-refractivity contribution in [1.29, 1.82) is 0 Å². The number of benzene rings is 1. The predicted octanol–water partition coefficient (Wildman–Crippen LogP) is 1.74. The number of ether oxygens (including phenoxy) is 1. The van der Waals surface area contributed by atoms with Gasteiger partial charge in [0.25, 0.3) is 0 Å². The maximum atomic E-state index is 10.4. The molecule has 0 radical (unpaired) electrons. The lowest BCUT2D eigenvalue weighted by molar-refractivity contribution is -0.105. The van der Waals surface area contributed by atoms with E-state index < -0.39 is 0 Å². The minimum atomic E-state index is 0.648. The van der Waals surface area contributed by atoms with Crippen molar-refractivity contribution < 1.29 is 9.53 Å². The summed E-state index contributed by atoms with van der Waals surface area (Å²) in [5.74, 6) is 0.724. The monoisotopic (exact) mass is 190 g/mol. The minimum absolute atomic E-state index is 0.648. The summed E-state index contributed by atoms with van der Waals surface area (Å²) in [6, 6.07) is 5.60. The number of H-pyrrole nitrogens is 1. The Bertz CT molecular complexity index is 462. The standard InChI is InChI=1S/C10H10N2O2/c1-14-8-4-7-2-3-11-10(7)9(5-8)12-6-13/h2-6,11H,1H3,(H,12,13). The molecule has 0 fully saturated rings. The zero-order chi connectivity index (χ0) is 9.97. The summed E-state index contributed by atoms with van der Waals surface area (Å²) in [5.41, 5.74) is 1.62. The third-order valence-electron chi connectivity index (χ3n) is 2.08. The Hall–Kier alpha value is -1.97. The van der Waals surface area contributed by atoms with Gasteiger partial charge in [-0.15, -0.1) is 0 Å². The van der Waals surface area contributed by atoms with Gasteiger partial charge in [0.1, 0.15) is 5.75 Å². The van der Waals surface area contributed by atoms with Crippen LogP contribution in [0, 0.1) is 0 Å². The molecule has 2 aromatic rings. The Kier molecular flexibility index (Phi) is 2.10. The van der Waals surface area contributed by atoms with Crippen LogP contribution in [0.25, 0.3) is 10.9 Å². The molecule has 0 bridgehead atoms. The zero-order valence-corrected chi connectivity index (χ0v) is 7.70. The lowest BCUT2D eigenvalue weighted by Crippen LogP contribution is -1.95. The Morgan fingerprint density at radius 1 is 1.50 bits per heavy atom. The summed E-state index contributed by atoms with van der Waals surface area (Å²) in [5, 5.41) is 3.63. The Balaban J connectivity index is 2.63. The topological polar surface area (TPSA) is 54.1 Å². The van der Waals surface area contributed by atoms with Crippen molar-refractivity contribution in [2.75, 3.05) is 12.4 Å². The number of aromatic amines is 1. The average molecular weight is 190 g/mol. The number of anilines is 1. The van der Waals surface area contributed by atoms with Crippen LogP contribution >= 0.6 is 0 Å². The number of aromatic nitrogens is 1. The second-order valence-corrected chi connectivity index (χ2v) is 2.88. The van der Waals surface area contributed by atoms with E-state index in [2.05, 4.69) is 10.3 Å². The van der Waals surface area contributed by atoms with Crippen molar-refractivity contribution in [2.45, 2.75) is 0 Å². The van der Waals surface area contributed by atoms with E-state index in [1.54, 1.807) is 13.2 Å². The van der Waals surface area contributed by atoms with Crippen molar-refractivity contribution in [3.8, 4) is 5.75 Å². The van der Waals surface area contributed by atoms with Crippen LogP contribution in [0.2, 0.25) is 0 Å². The summed E-state index contributed by atoms with van der Waals surface area (Å²) in [6.07, 6.45) is 2.47. The van der Waals surface area contributed by atoms with Gasteiger partial charge in [-0.2, -0.15) is 0 Å². The molecule has 72 valence electrons. The summed E-state index contributed by atoms with van der Waals surface area (Å²) in [6.45, 7) is 0. The van der Waals surface area contributed by atoms with Gasteiger partial charge in [-0.1, -0.05) is 0 Å². The van der Waals surface area contributed by atoms with E-state index in [9.17, 15) is 4.79 Å². The van der Waals surface area contributed by atoms with Crippen molar-refractivity contribution in [3.63, 3.8) is 0 Å². The van der Waals surface area contributed by atoms with Crippen LogP contribution in [-0.2, 0) is 4.79 Å². The van der Waals surface area contributed by atoms with E-state index in [0.29, 0.717) is 6.41 Å². The first kappa shape index (κ1) is 8.62. The third-order valence-corrected chi connectivity index (χ3v) is 2.08. The van der Waals surface area contributed by atoms with Crippen molar-refractivity contribution >= 4 is 23.0 Å². The lowest BCUT2D eigenvalue weighted by Gasteiger charge is -2.05. The lowest BCUT2D eigenvalue weighted by atomic mass is 10.2. The first-order valence-electron chi connectivity index (χ1n) is 4.20. The minimum Gasteiger partial charge on any atom is -0.497 e. The molecule has 0 aliphatic carbocycles. The van der Waals surface area contributed by atoms with Crippen LogP contribution < -0.4 is 10.1 Å². The molecule has 0 saturated carbocycles. The van der Waals surface area contributed by atoms with Crippen LogP contribution in [0.1, 0.15) is 0 Å². The highest BCUT2D eigenvalue weighted by Gasteiger charge is 2.04. The third kappa shape index (κ3) is 1.31. The van der Waals surface area contributed by atoms with E-state index in [-0.39, 0.29) is 0 Å². The molecule has 1 heterocycles. The number of fused-ring (bicyclic) bond motifs is 1. The molecule has 0 spiro atoms. The summed E-state index contributed by atoms with van der Waals surface area (Å²) in [7, 11) is 1.60. The van der Waals surface area contributed by atoms with Gasteiger partial charge in [0.2, 0.25) is 6.41 Å². The van der Waals surface area contributed by atoms with Gasteiger partial charge in [0.15, 0.2) is 0 Å². The van der Waals surface area contributed by atoms with E-state index in [4.69, 9.17) is 4.74 Å². The van der Waals surface area contributed by atoms with E-state index >= 15 is 0 Å². The number of nitrogens with one attached hydrogen (secondary N) is 2. The van der Waals surface area contributed by atoms with Gasteiger partial charge in [0.05, 0.1) is 18.3 Å². The van der Waals surface area contributed by atoms with Crippen molar-refractivity contribution in [2.24, 2.45) is 0 Å². The molecule has 0 saturated heterocycles. The second kappa shape index (κ2) is 3.41. The van der Waals surface area contributed by atoms with Crippen LogP contribution in [0.3, 0.4) is 0 Å². The van der Waals surface area contributed by atoms with E-state index in [0.717, 1.165) is 22.3 Å². The summed E-state index contributed by atoms with van der Waals surface area (Å²) < 4.78 is 5.11. The molecule has 4 heteroatoms. The molecule has 2 N–H and O–H groups in total. The zero-order valence-electron chi connectivity index (χ0n) is 7.70. The predicted molar refractivity (Wildman–Crippen MR) is 54.5 cm³/mol. The molecule has 14 heavy (non-hydrogen) atoms. The van der Waals surface area contributed by atoms with E-state index in [1.807, 2.05) is 18.3 Å². The second-order valence-electron chi connectivity index (χ2n) is 2.88. The van der Waals surface area contributed by atoms with E-state index in [1.165, 1.54) is 0 Å². The first-order chi connectivity index (χ1) is 6.85. The number of methoxy groups -OCH3 is 1. The number of amides is 1. The number of hydrogen-bond acceptors (Lipinski definition) is 2. The maximum Gasteiger partial charge on any atom is 0.211 e. The normalized spacial score (nSPS) is 10.1. The Morgan fingerprint density at radius 2 is 2.36 bits per heavy atom. The van der Waals surface area contributed by atoms with Crippen LogP contribution in [-0.4, -0.2) is 18.5 Å². The average Bonchev–Trinajstić information content (AvgIpc) is 2.66. The van der Waals surface area contributed by atoms with Crippen LogP contribution in [0.15, 0.2) is 24.4 Å². The van der Waals surface area contributed by atoms with Crippen molar-refractivity contribution in [1.82, 2.24) is 4.98 Å². The van der Waals surface area contributed by atoms with Crippen molar-refractivity contribution in [3.05, 3.63) is 24.4 Å².